The van der Waals surface area contributed by atoms with Gasteiger partial charge in [0.2, 0.25) is 12.2 Å². The van der Waals surface area contributed by atoms with Gasteiger partial charge in [-0.3, -0.25) is 4.68 Å². The molecule has 0 amide bonds. The Bertz CT molecular complexity index is 1250. The van der Waals surface area contributed by atoms with Crippen molar-refractivity contribution in [2.45, 2.75) is 90.6 Å². The van der Waals surface area contributed by atoms with E-state index in [9.17, 15) is 20.1 Å². The molecule has 11 nitrogen and oxygen atoms in total. The molecule has 3 N–H and O–H groups in total. The Balaban J connectivity index is 2.00. The van der Waals surface area contributed by atoms with E-state index in [1.54, 1.807) is 45.0 Å². The van der Waals surface area contributed by atoms with Gasteiger partial charge in [0.1, 0.15) is 36.8 Å². The Morgan fingerprint density at radius 3 is 2.49 bits per heavy atom. The van der Waals surface area contributed by atoms with Crippen molar-refractivity contribution < 1.29 is 53.4 Å². The quantitative estimate of drug-likeness (QED) is 0.393. The van der Waals surface area contributed by atoms with E-state index >= 15 is 0 Å². The Morgan fingerprint density at radius 2 is 1.86 bits per heavy atom. The third kappa shape index (κ3) is 7.13. The fourth-order valence-electron chi connectivity index (χ4n) is 3.76. The van der Waals surface area contributed by atoms with Crippen LogP contribution in [-0.2, 0) is 20.6 Å². The summed E-state index contributed by atoms with van der Waals surface area (Å²) >= 11 is 0. The SMILES string of the molecule is [2H]C(C)(C)Oc1ccc(Cc2c(O[C@@H]3O[C@H](COC(=O)OCC)[C@@H](O)[C@H](O)[C@H]3O)nn(C(C([2H])([2H])[2H])C([2H])([2H])[2H])c2C)cc1. The van der Waals surface area contributed by atoms with Crippen LogP contribution in [0.2, 0.25) is 0 Å². The number of nitrogens with zero attached hydrogens (tertiary/aromatic N) is 2. The second-order valence-electron chi connectivity index (χ2n) is 8.67. The highest BCUT2D eigenvalue weighted by atomic mass is 16.7. The van der Waals surface area contributed by atoms with E-state index < -0.39 is 69.3 Å². The lowest BCUT2D eigenvalue weighted by Gasteiger charge is -2.39. The van der Waals surface area contributed by atoms with Crippen LogP contribution in [-0.4, -0.2) is 81.3 Å². The van der Waals surface area contributed by atoms with E-state index in [1.807, 2.05) is 0 Å². The highest BCUT2D eigenvalue weighted by Gasteiger charge is 2.46. The molecular weight excluding hydrogens is 484 g/mol. The summed E-state index contributed by atoms with van der Waals surface area (Å²) < 4.78 is 82.7. The van der Waals surface area contributed by atoms with Crippen LogP contribution in [0.4, 0.5) is 4.79 Å². The average molecular weight is 530 g/mol. The van der Waals surface area contributed by atoms with Gasteiger partial charge in [0.25, 0.3) is 0 Å². The summed E-state index contributed by atoms with van der Waals surface area (Å²) in [5, 5.41) is 35.7. The zero-order valence-corrected chi connectivity index (χ0v) is 21.1. The van der Waals surface area contributed by atoms with Crippen LogP contribution in [0.5, 0.6) is 11.6 Å². The lowest BCUT2D eigenvalue weighted by atomic mass is 9.99. The number of aliphatic hydroxyl groups is 3. The molecule has 0 unspecified atom stereocenters. The molecule has 0 aliphatic carbocycles. The Kier molecular flexibility index (Phi) is 6.86. The molecule has 0 spiro atoms. The van der Waals surface area contributed by atoms with E-state index in [2.05, 4.69) is 9.84 Å². The molecule has 1 aromatic carbocycles. The fourth-order valence-corrected chi connectivity index (χ4v) is 3.76. The first kappa shape index (κ1) is 20.1. The number of benzene rings is 1. The van der Waals surface area contributed by atoms with Gasteiger partial charge in [-0.15, -0.1) is 5.10 Å². The predicted octanol–water partition coefficient (Wildman–Crippen LogP) is 2.51. The van der Waals surface area contributed by atoms with Crippen molar-refractivity contribution in [2.75, 3.05) is 13.2 Å². The average Bonchev–Trinajstić information content (AvgIpc) is 3.16. The molecule has 2 heterocycles. The van der Waals surface area contributed by atoms with Crippen LogP contribution < -0.4 is 9.47 Å². The molecule has 0 radical (unpaired) electrons. The van der Waals surface area contributed by atoms with Gasteiger partial charge in [-0.1, -0.05) is 12.1 Å². The highest BCUT2D eigenvalue weighted by molar-refractivity contribution is 5.59. The van der Waals surface area contributed by atoms with Gasteiger partial charge < -0.3 is 39.0 Å². The van der Waals surface area contributed by atoms with Gasteiger partial charge in [-0.25, -0.2) is 4.79 Å². The smallest absolute Gasteiger partial charge is 0.491 e. The summed E-state index contributed by atoms with van der Waals surface area (Å²) in [6, 6.07) is 4.55. The van der Waals surface area contributed by atoms with Crippen LogP contribution in [0.15, 0.2) is 24.3 Å². The van der Waals surface area contributed by atoms with Crippen molar-refractivity contribution in [1.29, 1.82) is 0 Å². The minimum absolute atomic E-state index is 0.0240. The normalized spacial score (nSPS) is 27.6. The molecule has 37 heavy (non-hydrogen) atoms. The summed E-state index contributed by atoms with van der Waals surface area (Å²) in [5.41, 5.74) is 1.03. The Morgan fingerprint density at radius 1 is 1.16 bits per heavy atom. The van der Waals surface area contributed by atoms with Crippen LogP contribution in [0.1, 0.15) is 66.9 Å². The van der Waals surface area contributed by atoms with Gasteiger partial charge in [0, 0.05) is 31.9 Å². The van der Waals surface area contributed by atoms with Crippen molar-refractivity contribution in [3.05, 3.63) is 41.1 Å². The molecule has 0 bridgehead atoms. The highest BCUT2D eigenvalue weighted by Crippen LogP contribution is 2.31. The molecule has 0 saturated carbocycles. The van der Waals surface area contributed by atoms with Crippen molar-refractivity contribution in [3.8, 4) is 11.6 Å². The largest absolute Gasteiger partial charge is 0.508 e. The number of rotatable bonds is 10. The summed E-state index contributed by atoms with van der Waals surface area (Å²) in [6.07, 6.45) is -10.6. The third-order valence-corrected chi connectivity index (χ3v) is 5.63. The number of carbonyl (C=O) groups is 1. The summed E-state index contributed by atoms with van der Waals surface area (Å²) in [7, 11) is 0. The third-order valence-electron chi connectivity index (χ3n) is 5.63. The molecule has 1 aliphatic rings. The van der Waals surface area contributed by atoms with E-state index in [0.717, 1.165) is 4.68 Å². The minimum atomic E-state index is -3.00. The molecule has 5 atom stereocenters. The van der Waals surface area contributed by atoms with Crippen molar-refractivity contribution >= 4 is 6.16 Å². The second kappa shape index (κ2) is 12.6. The molecule has 2 aromatic rings. The van der Waals surface area contributed by atoms with Crippen LogP contribution >= 0.6 is 0 Å². The van der Waals surface area contributed by atoms with Gasteiger partial charge in [0.05, 0.1) is 14.1 Å². The molecule has 1 aromatic heterocycles. The molecule has 1 aliphatic heterocycles. The lowest BCUT2D eigenvalue weighted by Crippen LogP contribution is -2.60. The van der Waals surface area contributed by atoms with Crippen molar-refractivity contribution in [3.63, 3.8) is 0 Å². The number of hydrogen-bond acceptors (Lipinski definition) is 10. The van der Waals surface area contributed by atoms with Crippen LogP contribution in [0.3, 0.4) is 0 Å². The molecule has 3 rings (SSSR count). The number of hydrogen-bond donors (Lipinski definition) is 3. The number of carbonyl (C=O) groups excluding carboxylic acids is 1. The summed E-state index contributed by atoms with van der Waals surface area (Å²) in [5.74, 6) is 0.121. The maximum Gasteiger partial charge on any atom is 0.508 e. The summed E-state index contributed by atoms with van der Waals surface area (Å²) in [6.45, 7) is -0.403. The zero-order chi connectivity index (χ0) is 33.2. The van der Waals surface area contributed by atoms with Gasteiger partial charge in [-0.05, 0) is 59.1 Å². The first-order valence-corrected chi connectivity index (χ1v) is 11.7. The molecule has 11 heteroatoms. The zero-order valence-electron chi connectivity index (χ0n) is 28.1. The fraction of sp³-hybridized carbons (Fsp3) is 0.615. The summed E-state index contributed by atoms with van der Waals surface area (Å²) in [4.78, 5) is 11.6. The lowest BCUT2D eigenvalue weighted by molar-refractivity contribution is -0.278. The first-order chi connectivity index (χ1) is 20.2. The number of ether oxygens (including phenoxy) is 5. The van der Waals surface area contributed by atoms with Crippen molar-refractivity contribution in [1.82, 2.24) is 9.78 Å². The van der Waals surface area contributed by atoms with E-state index in [4.69, 9.17) is 28.5 Å². The molecular formula is C26H38N2O9. The van der Waals surface area contributed by atoms with Gasteiger partial charge >= 0.3 is 6.16 Å². The predicted molar refractivity (Wildman–Crippen MR) is 133 cm³/mol. The minimum Gasteiger partial charge on any atom is -0.491 e. The van der Waals surface area contributed by atoms with E-state index in [-0.39, 0.29) is 30.2 Å². The molecule has 1 saturated heterocycles. The van der Waals surface area contributed by atoms with Gasteiger partial charge in [0.15, 0.2) is 0 Å². The second-order valence-corrected chi connectivity index (χ2v) is 8.67. The van der Waals surface area contributed by atoms with Gasteiger partial charge in [-0.2, -0.15) is 0 Å². The molecule has 1 fully saturated rings. The molecule has 206 valence electrons. The van der Waals surface area contributed by atoms with Crippen molar-refractivity contribution in [2.24, 2.45) is 0 Å². The maximum absolute atomic E-state index is 11.6. The maximum atomic E-state index is 11.6. The Hall–Kier alpha value is -2.86. The van der Waals surface area contributed by atoms with E-state index in [0.29, 0.717) is 11.3 Å². The Labute approximate surface area is 226 Å². The standard InChI is InChI=1S/C26H38N2O9/c1-7-33-26(32)34-13-20-21(29)22(30)23(31)25(36-20)37-24-19(16(6)28(27-24)14(2)3)12-17-8-10-18(11-9-17)35-15(4)5/h8-11,14-15,20-23,25,29-31H,7,12-13H2,1-6H3/t20-,21-,22+,23-,25+/m1/s1/i2D3,3D3,15D. The van der Waals surface area contributed by atoms with Crippen LogP contribution in [0.25, 0.3) is 0 Å². The topological polar surface area (TPSA) is 142 Å². The van der Waals surface area contributed by atoms with Crippen LogP contribution in [0, 0.1) is 6.92 Å². The monoisotopic (exact) mass is 529 g/mol. The number of aliphatic hydroxyl groups excluding tert-OH is 3. The first-order valence-electron chi connectivity index (χ1n) is 15.2. The van der Waals surface area contributed by atoms with E-state index in [1.165, 1.54) is 6.92 Å². The number of aromatic nitrogens is 2.